The number of hydrogen-bond acceptors (Lipinski definition) is 1. The van der Waals surface area contributed by atoms with Gasteiger partial charge in [-0.15, -0.1) is 47.5 Å². The van der Waals surface area contributed by atoms with E-state index >= 15 is 0 Å². The normalized spacial score (nSPS) is 10.9. The van der Waals surface area contributed by atoms with Gasteiger partial charge >= 0.3 is 21.7 Å². The van der Waals surface area contributed by atoms with Crippen LogP contribution in [0.15, 0.2) is 73.1 Å². The topological polar surface area (TPSA) is 17.8 Å². The van der Waals surface area contributed by atoms with E-state index in [0.29, 0.717) is 0 Å². The first kappa shape index (κ1) is 20.8. The van der Waals surface area contributed by atoms with Crippen molar-refractivity contribution < 1.29 is 46.5 Å². The van der Waals surface area contributed by atoms with Crippen molar-refractivity contribution in [1.82, 2.24) is 9.78 Å². The summed E-state index contributed by atoms with van der Waals surface area (Å²) in [6, 6.07) is 14.5. The molecule has 110 valence electrons. The van der Waals surface area contributed by atoms with Crippen molar-refractivity contribution >= 4 is 10.8 Å². The van der Waals surface area contributed by atoms with E-state index in [9.17, 15) is 0 Å². The maximum atomic E-state index is 4.20. The van der Waals surface area contributed by atoms with Gasteiger partial charge < -0.3 is 24.8 Å². The van der Waals surface area contributed by atoms with Crippen LogP contribution in [-0.2, 0) is 21.7 Å². The molecule has 0 aliphatic heterocycles. The molecular formula is C17H14Cl2N2Ti. The molecule has 2 nitrogen and oxygen atoms in total. The number of rotatable bonds is 1. The fourth-order valence-corrected chi connectivity index (χ4v) is 2.03. The molecule has 0 fully saturated rings. The molecule has 3 aromatic rings. The maximum Gasteiger partial charge on any atom is 4.00 e. The molecule has 4 rings (SSSR count). The zero-order chi connectivity index (χ0) is 12.9. The summed E-state index contributed by atoms with van der Waals surface area (Å²) in [5, 5.41) is 6.72. The molecule has 0 saturated carbocycles. The van der Waals surface area contributed by atoms with Crippen molar-refractivity contribution in [2.75, 3.05) is 0 Å². The van der Waals surface area contributed by atoms with E-state index in [0.717, 1.165) is 12.1 Å². The van der Waals surface area contributed by atoms with Crippen molar-refractivity contribution in [2.45, 2.75) is 6.42 Å². The van der Waals surface area contributed by atoms with Gasteiger partial charge in [-0.3, -0.25) is 10.8 Å². The molecule has 0 radical (unpaired) electrons. The van der Waals surface area contributed by atoms with Crippen LogP contribution in [0.4, 0.5) is 0 Å². The third-order valence-electron chi connectivity index (χ3n) is 2.96. The second kappa shape index (κ2) is 10.5. The first-order valence-electron chi connectivity index (χ1n) is 6.31. The smallest absolute Gasteiger partial charge is 1.00 e. The Morgan fingerprint density at radius 1 is 1.14 bits per heavy atom. The molecule has 1 aromatic heterocycles. The Morgan fingerprint density at radius 3 is 2.50 bits per heavy atom. The van der Waals surface area contributed by atoms with Gasteiger partial charge in [-0.1, -0.05) is 6.07 Å². The number of halogens is 2. The van der Waals surface area contributed by atoms with Gasteiger partial charge in [0.1, 0.15) is 0 Å². The maximum absolute atomic E-state index is 4.20. The second-order valence-electron chi connectivity index (χ2n) is 4.30. The van der Waals surface area contributed by atoms with Crippen LogP contribution in [0.3, 0.4) is 0 Å². The van der Waals surface area contributed by atoms with Gasteiger partial charge in [0.25, 0.3) is 0 Å². The number of benzene rings is 1. The van der Waals surface area contributed by atoms with Gasteiger partial charge in [0.2, 0.25) is 0 Å². The number of nitrogens with zero attached hydrogens (tertiary/aromatic N) is 2. The van der Waals surface area contributed by atoms with E-state index in [-0.39, 0.29) is 46.5 Å². The zero-order valence-corrected chi connectivity index (χ0v) is 14.9. The molecule has 0 amide bonds. The Balaban J connectivity index is 0.000000482. The molecule has 0 saturated heterocycles. The predicted molar refractivity (Wildman–Crippen MR) is 78.2 cm³/mol. The first-order valence-corrected chi connectivity index (χ1v) is 6.31. The van der Waals surface area contributed by atoms with Crippen molar-refractivity contribution in [3.63, 3.8) is 0 Å². The van der Waals surface area contributed by atoms with E-state index in [2.05, 4.69) is 53.6 Å². The molecule has 0 N–H and O–H groups in total. The fourth-order valence-electron chi connectivity index (χ4n) is 2.03. The van der Waals surface area contributed by atoms with Crippen molar-refractivity contribution in [3.05, 3.63) is 79.2 Å². The van der Waals surface area contributed by atoms with Gasteiger partial charge in [0.15, 0.2) is 0 Å². The fraction of sp³-hybridized carbons (Fsp3) is 0.0588. The summed E-state index contributed by atoms with van der Waals surface area (Å²) in [5.41, 5.74) is 1.12. The molecule has 5 heteroatoms. The van der Waals surface area contributed by atoms with E-state index in [4.69, 9.17) is 0 Å². The number of allylic oxidation sites excluding steroid dienone is 4. The van der Waals surface area contributed by atoms with Crippen LogP contribution >= 0.6 is 0 Å². The first-order chi connectivity index (χ1) is 9.43. The van der Waals surface area contributed by atoms with Crippen LogP contribution in [-0.4, -0.2) is 9.78 Å². The molecule has 1 heterocycles. The Bertz CT molecular complexity index is 672. The molecule has 22 heavy (non-hydrogen) atoms. The molecular weight excluding hydrogens is 351 g/mol. The minimum atomic E-state index is 0. The Labute approximate surface area is 158 Å². The van der Waals surface area contributed by atoms with Crippen molar-refractivity contribution in [2.24, 2.45) is 0 Å². The molecule has 2 aromatic carbocycles. The standard InChI is InChI=1S/C12H9N2.C5H5.2ClH.Ti/c1-2-5-11-9-12(8-10(11)4-1)14-7-3-6-13-14;1-2-4-5-3-1;;;/h1-9H;1-3H,4H2;2*1H;/q2*-1;;;+4/p-2. The summed E-state index contributed by atoms with van der Waals surface area (Å²) >= 11 is 0. The van der Waals surface area contributed by atoms with Crippen LogP contribution in [0.25, 0.3) is 16.5 Å². The average Bonchev–Trinajstić information content (AvgIpc) is 3.20. The van der Waals surface area contributed by atoms with Crippen LogP contribution in [0.5, 0.6) is 0 Å². The quantitative estimate of drug-likeness (QED) is 0.363. The SMILES string of the molecule is [C-]1=CC=CC1.[Cl-].[Cl-].[Ti+4].c1ccc2[cH-]c(-n3cccn3)cc2c1. The van der Waals surface area contributed by atoms with Gasteiger partial charge in [-0.25, -0.2) is 12.2 Å². The van der Waals surface area contributed by atoms with Crippen LogP contribution in [0.2, 0.25) is 0 Å². The Morgan fingerprint density at radius 2 is 1.95 bits per heavy atom. The largest absolute Gasteiger partial charge is 4.00 e. The van der Waals surface area contributed by atoms with Crippen LogP contribution < -0.4 is 24.8 Å². The van der Waals surface area contributed by atoms with Gasteiger partial charge in [0.05, 0.1) is 0 Å². The summed E-state index contributed by atoms with van der Waals surface area (Å²) in [6.45, 7) is 0. The summed E-state index contributed by atoms with van der Waals surface area (Å²) in [6.07, 6.45) is 13.7. The van der Waals surface area contributed by atoms with Gasteiger partial charge in [0, 0.05) is 12.4 Å². The Kier molecular flexibility index (Phi) is 9.96. The molecule has 0 spiro atoms. The number of fused-ring (bicyclic) bond motifs is 1. The van der Waals surface area contributed by atoms with Gasteiger partial charge in [-0.2, -0.15) is 11.2 Å². The van der Waals surface area contributed by atoms with Gasteiger partial charge in [-0.05, 0) is 11.8 Å². The molecule has 1 aliphatic rings. The third-order valence-corrected chi connectivity index (χ3v) is 2.96. The summed E-state index contributed by atoms with van der Waals surface area (Å²) in [5.74, 6) is 0. The molecule has 0 atom stereocenters. The van der Waals surface area contributed by atoms with Crippen LogP contribution in [0.1, 0.15) is 6.42 Å². The van der Waals surface area contributed by atoms with E-state index in [1.54, 1.807) is 6.20 Å². The zero-order valence-electron chi connectivity index (χ0n) is 11.8. The summed E-state index contributed by atoms with van der Waals surface area (Å²) in [7, 11) is 0. The van der Waals surface area contributed by atoms with E-state index in [1.165, 1.54) is 10.8 Å². The minimum Gasteiger partial charge on any atom is -1.00 e. The van der Waals surface area contributed by atoms with Crippen molar-refractivity contribution in [3.8, 4) is 5.69 Å². The van der Waals surface area contributed by atoms with E-state index < -0.39 is 0 Å². The third kappa shape index (κ3) is 5.22. The van der Waals surface area contributed by atoms with Crippen molar-refractivity contribution in [1.29, 1.82) is 0 Å². The predicted octanol–water partition coefficient (Wildman–Crippen LogP) is -1.94. The van der Waals surface area contributed by atoms with Crippen LogP contribution in [0, 0.1) is 6.08 Å². The summed E-state index contributed by atoms with van der Waals surface area (Å²) < 4.78 is 1.88. The average molecular weight is 365 g/mol. The number of hydrogen-bond donors (Lipinski definition) is 0. The molecule has 1 aliphatic carbocycles. The summed E-state index contributed by atoms with van der Waals surface area (Å²) in [4.78, 5) is 0. The number of aromatic nitrogens is 2. The molecule has 0 bridgehead atoms. The van der Waals surface area contributed by atoms with E-state index in [1.807, 2.05) is 29.1 Å². The minimum absolute atomic E-state index is 0. The monoisotopic (exact) mass is 364 g/mol. The second-order valence-corrected chi connectivity index (χ2v) is 4.30. The molecule has 0 unspecified atom stereocenters. The Hall–Kier alpha value is -1.19.